The number of hydrogen-bond donors (Lipinski definition) is 3. The van der Waals surface area contributed by atoms with Crippen molar-refractivity contribution in [1.82, 2.24) is 0 Å². The highest BCUT2D eigenvalue weighted by Gasteiger charge is 2.36. The van der Waals surface area contributed by atoms with Crippen LogP contribution in [0, 0.1) is 6.92 Å². The Kier molecular flexibility index (Phi) is 3.72. The summed E-state index contributed by atoms with van der Waals surface area (Å²) in [7, 11) is 0. The fourth-order valence-electron chi connectivity index (χ4n) is 2.99. The third-order valence-electron chi connectivity index (χ3n) is 4.29. The number of carbonyl (C=O) groups is 2. The number of benzene rings is 2. The molecule has 0 saturated heterocycles. The third-order valence-corrected chi connectivity index (χ3v) is 4.29. The van der Waals surface area contributed by atoms with Crippen LogP contribution in [0.4, 0.5) is 0 Å². The van der Waals surface area contributed by atoms with Crippen molar-refractivity contribution in [3.05, 3.63) is 69.8 Å². The first kappa shape index (κ1) is 16.5. The van der Waals surface area contributed by atoms with Crippen LogP contribution in [0.3, 0.4) is 0 Å². The molecule has 126 valence electrons. The van der Waals surface area contributed by atoms with Crippen LogP contribution in [0.15, 0.2) is 36.4 Å². The second-order valence-electron chi connectivity index (χ2n) is 6.02. The Hall–Kier alpha value is -3.34. The average molecular weight is 336 g/mol. The van der Waals surface area contributed by atoms with Gasteiger partial charge in [-0.15, -0.1) is 0 Å². The summed E-state index contributed by atoms with van der Waals surface area (Å²) in [5, 5.41) is 30.3. The second kappa shape index (κ2) is 5.63. The minimum atomic E-state index is -0.662. The summed E-state index contributed by atoms with van der Waals surface area (Å²) in [4.78, 5) is 25.6. The number of allylic oxidation sites excluding steroid dienone is 2. The van der Waals surface area contributed by atoms with Crippen molar-refractivity contribution in [2.45, 2.75) is 13.8 Å². The average Bonchev–Trinajstić information content (AvgIpc) is 2.54. The van der Waals surface area contributed by atoms with Crippen LogP contribution in [0.2, 0.25) is 0 Å². The zero-order valence-corrected chi connectivity index (χ0v) is 13.8. The van der Waals surface area contributed by atoms with E-state index < -0.39 is 17.3 Å². The first-order chi connectivity index (χ1) is 11.8. The fourth-order valence-corrected chi connectivity index (χ4v) is 2.99. The quantitative estimate of drug-likeness (QED) is 0.623. The fraction of sp³-hybridized carbons (Fsp3) is 0.100. The highest BCUT2D eigenvalue weighted by atomic mass is 16.3. The van der Waals surface area contributed by atoms with E-state index in [1.807, 2.05) is 0 Å². The number of ketones is 2. The topological polar surface area (TPSA) is 94.8 Å². The van der Waals surface area contributed by atoms with Crippen molar-refractivity contribution in [2.75, 3.05) is 0 Å². The standard InChI is InChI=1S/C20H16O5/c1-4-9(2)5-12-10(3)6-13-17(19(12)24)20(25)16-14(18(13)23)7-11(21)8-15(16)22/h4-8,21-22,24H,1H2,2-3H3/b9-5+. The highest BCUT2D eigenvalue weighted by molar-refractivity contribution is 6.30. The molecule has 0 unspecified atom stereocenters. The molecule has 0 aromatic heterocycles. The Balaban J connectivity index is 2.35. The maximum Gasteiger partial charge on any atom is 0.201 e. The van der Waals surface area contributed by atoms with E-state index in [0.717, 1.165) is 17.7 Å². The lowest BCUT2D eigenvalue weighted by Crippen LogP contribution is -2.22. The van der Waals surface area contributed by atoms with Crippen molar-refractivity contribution in [3.8, 4) is 17.2 Å². The highest BCUT2D eigenvalue weighted by Crippen LogP contribution is 2.41. The molecule has 1 aliphatic rings. The molecule has 3 rings (SSSR count). The Morgan fingerprint density at radius 1 is 1.00 bits per heavy atom. The van der Waals surface area contributed by atoms with Gasteiger partial charge in [-0.2, -0.15) is 0 Å². The van der Waals surface area contributed by atoms with Gasteiger partial charge in [0.1, 0.15) is 17.2 Å². The maximum atomic E-state index is 12.8. The van der Waals surface area contributed by atoms with E-state index in [1.165, 1.54) is 6.07 Å². The molecular weight excluding hydrogens is 320 g/mol. The summed E-state index contributed by atoms with van der Waals surface area (Å²) in [5.41, 5.74) is 1.41. The van der Waals surface area contributed by atoms with Gasteiger partial charge >= 0.3 is 0 Å². The van der Waals surface area contributed by atoms with Gasteiger partial charge in [0.2, 0.25) is 5.78 Å². The summed E-state index contributed by atoms with van der Waals surface area (Å²) < 4.78 is 0. The van der Waals surface area contributed by atoms with Gasteiger partial charge < -0.3 is 15.3 Å². The number of carbonyl (C=O) groups excluding carboxylic acids is 2. The van der Waals surface area contributed by atoms with Crippen LogP contribution < -0.4 is 0 Å². The van der Waals surface area contributed by atoms with E-state index in [0.29, 0.717) is 11.1 Å². The monoisotopic (exact) mass is 336 g/mol. The van der Waals surface area contributed by atoms with Crippen LogP contribution in [0.1, 0.15) is 49.9 Å². The molecule has 0 atom stereocenters. The van der Waals surface area contributed by atoms with E-state index in [-0.39, 0.29) is 33.8 Å². The molecule has 0 saturated carbocycles. The molecule has 0 fully saturated rings. The molecule has 0 aliphatic heterocycles. The lowest BCUT2D eigenvalue weighted by atomic mass is 9.80. The Labute approximate surface area is 144 Å². The number of aromatic hydroxyl groups is 3. The van der Waals surface area contributed by atoms with E-state index in [2.05, 4.69) is 6.58 Å². The number of aryl methyl sites for hydroxylation is 1. The molecular formula is C20H16O5. The molecule has 0 bridgehead atoms. The minimum absolute atomic E-state index is 0.0471. The summed E-state index contributed by atoms with van der Waals surface area (Å²) in [6.07, 6.45) is 3.27. The van der Waals surface area contributed by atoms with E-state index >= 15 is 0 Å². The molecule has 0 radical (unpaired) electrons. The largest absolute Gasteiger partial charge is 0.508 e. The van der Waals surface area contributed by atoms with Crippen molar-refractivity contribution in [3.63, 3.8) is 0 Å². The van der Waals surface area contributed by atoms with Crippen LogP contribution in [-0.2, 0) is 0 Å². The Morgan fingerprint density at radius 2 is 1.64 bits per heavy atom. The van der Waals surface area contributed by atoms with Crippen LogP contribution >= 0.6 is 0 Å². The van der Waals surface area contributed by atoms with Gasteiger partial charge in [-0.25, -0.2) is 0 Å². The molecule has 3 N–H and O–H groups in total. The molecule has 5 nitrogen and oxygen atoms in total. The molecule has 0 amide bonds. The summed E-state index contributed by atoms with van der Waals surface area (Å²) >= 11 is 0. The minimum Gasteiger partial charge on any atom is -0.508 e. The van der Waals surface area contributed by atoms with Crippen LogP contribution in [0.25, 0.3) is 6.08 Å². The smallest absolute Gasteiger partial charge is 0.201 e. The molecule has 5 heteroatoms. The van der Waals surface area contributed by atoms with Gasteiger partial charge in [0.25, 0.3) is 0 Å². The summed E-state index contributed by atoms with van der Waals surface area (Å²) in [5.74, 6) is -2.33. The number of phenolic OH excluding ortho intramolecular Hbond substituents is 3. The normalized spacial score (nSPS) is 13.4. The molecule has 2 aromatic carbocycles. The maximum absolute atomic E-state index is 12.8. The summed E-state index contributed by atoms with van der Waals surface area (Å²) in [6.45, 7) is 7.16. The number of fused-ring (bicyclic) bond motifs is 2. The van der Waals surface area contributed by atoms with Crippen molar-refractivity contribution in [1.29, 1.82) is 0 Å². The van der Waals surface area contributed by atoms with Crippen molar-refractivity contribution >= 4 is 17.6 Å². The van der Waals surface area contributed by atoms with Crippen molar-refractivity contribution < 1.29 is 24.9 Å². The summed E-state index contributed by atoms with van der Waals surface area (Å²) in [6, 6.07) is 3.66. The van der Waals surface area contributed by atoms with Crippen LogP contribution in [-0.4, -0.2) is 26.9 Å². The lowest BCUT2D eigenvalue weighted by molar-refractivity contribution is 0.0974. The zero-order valence-electron chi connectivity index (χ0n) is 13.8. The molecule has 2 aromatic rings. The number of phenols is 3. The van der Waals surface area contributed by atoms with E-state index in [4.69, 9.17) is 0 Å². The predicted molar refractivity (Wildman–Crippen MR) is 93.3 cm³/mol. The van der Waals surface area contributed by atoms with Crippen LogP contribution in [0.5, 0.6) is 17.2 Å². The van der Waals surface area contributed by atoms with Gasteiger partial charge in [-0.1, -0.05) is 18.2 Å². The van der Waals surface area contributed by atoms with Crippen molar-refractivity contribution in [2.24, 2.45) is 0 Å². The van der Waals surface area contributed by atoms with Gasteiger partial charge in [0.05, 0.1) is 11.1 Å². The molecule has 1 aliphatic carbocycles. The van der Waals surface area contributed by atoms with Gasteiger partial charge in [-0.05, 0) is 37.6 Å². The first-order valence-electron chi connectivity index (χ1n) is 7.59. The SMILES string of the molecule is C=C/C(C)=C/c1c(C)cc2c(c1O)C(=O)c1c(O)cc(O)cc1C2=O. The Bertz CT molecular complexity index is 996. The zero-order chi connectivity index (χ0) is 18.5. The lowest BCUT2D eigenvalue weighted by Gasteiger charge is -2.21. The van der Waals surface area contributed by atoms with Gasteiger partial charge in [0, 0.05) is 22.8 Å². The predicted octanol–water partition coefficient (Wildman–Crippen LogP) is 3.48. The number of rotatable bonds is 2. The van der Waals surface area contributed by atoms with Gasteiger partial charge in [-0.3, -0.25) is 9.59 Å². The molecule has 25 heavy (non-hydrogen) atoms. The third kappa shape index (κ3) is 2.41. The first-order valence-corrected chi connectivity index (χ1v) is 7.59. The molecule has 0 spiro atoms. The molecule has 0 heterocycles. The second-order valence-corrected chi connectivity index (χ2v) is 6.02. The number of hydrogen-bond acceptors (Lipinski definition) is 5. The Morgan fingerprint density at radius 3 is 2.28 bits per heavy atom. The van der Waals surface area contributed by atoms with E-state index in [1.54, 1.807) is 26.0 Å². The van der Waals surface area contributed by atoms with E-state index in [9.17, 15) is 24.9 Å². The van der Waals surface area contributed by atoms with Gasteiger partial charge in [0.15, 0.2) is 5.78 Å².